The average molecular weight is 265 g/mol. The molecule has 2 aromatic heterocycles. The number of nitrogens with zero attached hydrogens (tertiary/aromatic N) is 2. The minimum Gasteiger partial charge on any atom is -0.493 e. The van der Waals surface area contributed by atoms with Crippen LogP contribution in [0.5, 0.6) is 5.75 Å². The summed E-state index contributed by atoms with van der Waals surface area (Å²) in [7, 11) is 1.69. The van der Waals surface area contributed by atoms with Crippen molar-refractivity contribution < 1.29 is 4.74 Å². The molecular formula is C13H19N3OS. The van der Waals surface area contributed by atoms with Crippen molar-refractivity contribution in [2.45, 2.75) is 26.4 Å². The van der Waals surface area contributed by atoms with Gasteiger partial charge in [-0.3, -0.25) is 4.68 Å². The summed E-state index contributed by atoms with van der Waals surface area (Å²) < 4.78 is 7.42. The molecule has 2 heterocycles. The first-order chi connectivity index (χ1) is 8.81. The third-order valence-corrected chi connectivity index (χ3v) is 3.62. The van der Waals surface area contributed by atoms with Crippen molar-refractivity contribution in [2.24, 2.45) is 0 Å². The predicted octanol–water partition coefficient (Wildman–Crippen LogP) is 2.67. The zero-order valence-electron chi connectivity index (χ0n) is 11.0. The zero-order chi connectivity index (χ0) is 13.0. The second-order valence-electron chi connectivity index (χ2n) is 3.96. The monoisotopic (exact) mass is 265 g/mol. The third kappa shape index (κ3) is 2.42. The second-order valence-corrected chi connectivity index (χ2v) is 4.74. The maximum absolute atomic E-state index is 5.43. The Morgan fingerprint density at radius 3 is 2.89 bits per heavy atom. The lowest BCUT2D eigenvalue weighted by molar-refractivity contribution is 0.399. The van der Waals surface area contributed by atoms with Gasteiger partial charge in [0.1, 0.15) is 5.69 Å². The predicted molar refractivity (Wildman–Crippen MR) is 74.3 cm³/mol. The molecule has 0 aliphatic rings. The molecule has 1 N–H and O–H groups in total. The quantitative estimate of drug-likeness (QED) is 0.873. The van der Waals surface area contributed by atoms with E-state index in [1.54, 1.807) is 24.6 Å². The van der Waals surface area contributed by atoms with Crippen LogP contribution in [0.2, 0.25) is 0 Å². The minimum atomic E-state index is 0.138. The maximum Gasteiger partial charge on any atom is 0.161 e. The molecule has 0 saturated heterocycles. The molecule has 0 aliphatic carbocycles. The number of hydrogen-bond donors (Lipinski definition) is 1. The summed E-state index contributed by atoms with van der Waals surface area (Å²) in [6, 6.07) is 2.28. The van der Waals surface area contributed by atoms with Crippen LogP contribution in [0.4, 0.5) is 0 Å². The highest BCUT2D eigenvalue weighted by Crippen LogP contribution is 2.30. The Bertz CT molecular complexity index is 457. The molecule has 0 aliphatic heterocycles. The SMILES string of the molecule is CCNC(c1ccsc1)c1c(OC)cnn1CC. The Kier molecular flexibility index (Phi) is 4.38. The Morgan fingerprint density at radius 2 is 2.33 bits per heavy atom. The third-order valence-electron chi connectivity index (χ3n) is 2.92. The summed E-state index contributed by atoms with van der Waals surface area (Å²) in [5.41, 5.74) is 2.36. The highest BCUT2D eigenvalue weighted by molar-refractivity contribution is 7.08. The minimum absolute atomic E-state index is 0.138. The van der Waals surface area contributed by atoms with Gasteiger partial charge in [0.15, 0.2) is 5.75 Å². The van der Waals surface area contributed by atoms with Crippen molar-refractivity contribution in [3.05, 3.63) is 34.3 Å². The van der Waals surface area contributed by atoms with Crippen LogP contribution >= 0.6 is 11.3 Å². The van der Waals surface area contributed by atoms with Crippen LogP contribution in [0.15, 0.2) is 23.0 Å². The first-order valence-corrected chi connectivity index (χ1v) is 7.11. The lowest BCUT2D eigenvalue weighted by Gasteiger charge is -2.19. The zero-order valence-corrected chi connectivity index (χ0v) is 11.8. The van der Waals surface area contributed by atoms with E-state index >= 15 is 0 Å². The van der Waals surface area contributed by atoms with Crippen molar-refractivity contribution >= 4 is 11.3 Å². The first kappa shape index (κ1) is 13.1. The molecule has 0 spiro atoms. The summed E-state index contributed by atoms with van der Waals surface area (Å²) in [4.78, 5) is 0. The Hall–Kier alpha value is -1.33. The van der Waals surface area contributed by atoms with E-state index in [0.717, 1.165) is 24.5 Å². The topological polar surface area (TPSA) is 39.1 Å². The lowest BCUT2D eigenvalue weighted by atomic mass is 10.1. The highest BCUT2D eigenvalue weighted by atomic mass is 32.1. The highest BCUT2D eigenvalue weighted by Gasteiger charge is 2.22. The van der Waals surface area contributed by atoms with Crippen molar-refractivity contribution in [1.82, 2.24) is 15.1 Å². The molecule has 0 aromatic carbocycles. The van der Waals surface area contributed by atoms with Gasteiger partial charge in [0.2, 0.25) is 0 Å². The van der Waals surface area contributed by atoms with Gasteiger partial charge >= 0.3 is 0 Å². The number of hydrogen-bond acceptors (Lipinski definition) is 4. The van der Waals surface area contributed by atoms with Crippen LogP contribution in [0.3, 0.4) is 0 Å². The van der Waals surface area contributed by atoms with E-state index in [-0.39, 0.29) is 6.04 Å². The number of methoxy groups -OCH3 is 1. The van der Waals surface area contributed by atoms with E-state index in [1.807, 2.05) is 4.68 Å². The molecule has 1 unspecified atom stereocenters. The van der Waals surface area contributed by atoms with Crippen LogP contribution in [-0.4, -0.2) is 23.4 Å². The van der Waals surface area contributed by atoms with E-state index in [2.05, 4.69) is 41.1 Å². The van der Waals surface area contributed by atoms with Gasteiger partial charge in [-0.05, 0) is 35.9 Å². The molecule has 2 rings (SSSR count). The lowest BCUT2D eigenvalue weighted by Crippen LogP contribution is -2.24. The summed E-state index contributed by atoms with van der Waals surface area (Å²) in [6.07, 6.45) is 1.79. The van der Waals surface area contributed by atoms with E-state index in [0.29, 0.717) is 0 Å². The Morgan fingerprint density at radius 1 is 1.50 bits per heavy atom. The van der Waals surface area contributed by atoms with Gasteiger partial charge < -0.3 is 10.1 Å². The fraction of sp³-hybridized carbons (Fsp3) is 0.462. The molecule has 0 fully saturated rings. The summed E-state index contributed by atoms with van der Waals surface area (Å²) >= 11 is 1.71. The maximum atomic E-state index is 5.43. The molecule has 0 amide bonds. The molecule has 4 nitrogen and oxygen atoms in total. The molecule has 18 heavy (non-hydrogen) atoms. The number of aromatic nitrogens is 2. The summed E-state index contributed by atoms with van der Waals surface area (Å²) in [5.74, 6) is 0.842. The molecular weight excluding hydrogens is 246 g/mol. The molecule has 0 bridgehead atoms. The molecule has 98 valence electrons. The van der Waals surface area contributed by atoms with Crippen molar-refractivity contribution in [1.29, 1.82) is 0 Å². The molecule has 1 atom stereocenters. The van der Waals surface area contributed by atoms with Gasteiger partial charge in [-0.2, -0.15) is 16.4 Å². The normalized spacial score (nSPS) is 12.6. The molecule has 5 heteroatoms. The van der Waals surface area contributed by atoms with Gasteiger partial charge in [0.05, 0.1) is 19.3 Å². The van der Waals surface area contributed by atoms with Gasteiger partial charge in [-0.15, -0.1) is 0 Å². The van der Waals surface area contributed by atoms with Gasteiger partial charge in [-0.1, -0.05) is 6.92 Å². The second kappa shape index (κ2) is 6.02. The average Bonchev–Trinajstić information content (AvgIpc) is 3.04. The molecule has 0 radical (unpaired) electrons. The van der Waals surface area contributed by atoms with Crippen LogP contribution in [0.1, 0.15) is 31.1 Å². The number of rotatable bonds is 6. The van der Waals surface area contributed by atoms with Gasteiger partial charge in [-0.25, -0.2) is 0 Å². The number of thiophene rings is 1. The van der Waals surface area contributed by atoms with Gasteiger partial charge in [0.25, 0.3) is 0 Å². The van der Waals surface area contributed by atoms with E-state index in [9.17, 15) is 0 Å². The van der Waals surface area contributed by atoms with E-state index in [1.165, 1.54) is 5.56 Å². The van der Waals surface area contributed by atoms with Crippen LogP contribution in [0, 0.1) is 0 Å². The number of ether oxygens (including phenoxy) is 1. The van der Waals surface area contributed by atoms with Crippen LogP contribution in [-0.2, 0) is 6.54 Å². The van der Waals surface area contributed by atoms with Crippen molar-refractivity contribution in [2.75, 3.05) is 13.7 Å². The first-order valence-electron chi connectivity index (χ1n) is 6.16. The summed E-state index contributed by atoms with van der Waals surface area (Å²) in [5, 5.41) is 12.1. The smallest absolute Gasteiger partial charge is 0.161 e. The Balaban J connectivity index is 2.44. The van der Waals surface area contributed by atoms with Crippen molar-refractivity contribution in [3.63, 3.8) is 0 Å². The Labute approximate surface area is 112 Å². The largest absolute Gasteiger partial charge is 0.493 e. The fourth-order valence-corrected chi connectivity index (χ4v) is 2.78. The number of aryl methyl sites for hydroxylation is 1. The van der Waals surface area contributed by atoms with Crippen molar-refractivity contribution in [3.8, 4) is 5.75 Å². The van der Waals surface area contributed by atoms with E-state index < -0.39 is 0 Å². The standard InChI is InChI=1S/C13H19N3OS/c1-4-14-12(10-6-7-18-9-10)13-11(17-3)8-15-16(13)5-2/h6-9,12,14H,4-5H2,1-3H3. The van der Waals surface area contributed by atoms with Crippen LogP contribution in [0.25, 0.3) is 0 Å². The molecule has 0 saturated carbocycles. The van der Waals surface area contributed by atoms with E-state index in [4.69, 9.17) is 4.74 Å². The number of nitrogens with one attached hydrogen (secondary N) is 1. The molecule has 2 aromatic rings. The van der Waals surface area contributed by atoms with Gasteiger partial charge in [0, 0.05) is 6.54 Å². The fourth-order valence-electron chi connectivity index (χ4n) is 2.09. The van der Waals surface area contributed by atoms with Crippen LogP contribution < -0.4 is 10.1 Å². The summed E-state index contributed by atoms with van der Waals surface area (Å²) in [6.45, 7) is 5.94.